The van der Waals surface area contributed by atoms with Gasteiger partial charge in [0.25, 0.3) is 0 Å². The second-order valence-corrected chi connectivity index (χ2v) is 9.42. The summed E-state index contributed by atoms with van der Waals surface area (Å²) in [5.74, 6) is 2.09. The van der Waals surface area contributed by atoms with Crippen LogP contribution in [0.2, 0.25) is 0 Å². The third-order valence-electron chi connectivity index (χ3n) is 6.63. The van der Waals surface area contributed by atoms with Crippen molar-refractivity contribution < 1.29 is 13.5 Å². The lowest BCUT2D eigenvalue weighted by molar-refractivity contribution is -0.0508. The molecule has 0 saturated carbocycles. The Morgan fingerprint density at radius 3 is 2.64 bits per heavy atom. The summed E-state index contributed by atoms with van der Waals surface area (Å²) < 4.78 is 33.3. The fourth-order valence-corrected chi connectivity index (χ4v) is 5.23. The molecule has 2 aromatic carbocycles. The second kappa shape index (κ2) is 7.05. The molecule has 8 heteroatoms. The summed E-state index contributed by atoms with van der Waals surface area (Å²) in [6.45, 7) is 0.875. The zero-order valence-electron chi connectivity index (χ0n) is 18.3. The van der Waals surface area contributed by atoms with E-state index in [1.165, 1.54) is 0 Å². The predicted molar refractivity (Wildman–Crippen MR) is 120 cm³/mol. The second-order valence-electron chi connectivity index (χ2n) is 9.42. The number of hydrogen-bond donors (Lipinski definition) is 1. The minimum atomic E-state index is -2.86. The van der Waals surface area contributed by atoms with Gasteiger partial charge in [0.1, 0.15) is 17.4 Å². The van der Waals surface area contributed by atoms with E-state index in [1.807, 2.05) is 32.0 Å². The Hall–Kier alpha value is -3.39. The van der Waals surface area contributed by atoms with Gasteiger partial charge in [0.15, 0.2) is 0 Å². The van der Waals surface area contributed by atoms with Gasteiger partial charge in [-0.15, -0.1) is 0 Å². The van der Waals surface area contributed by atoms with E-state index in [0.29, 0.717) is 5.82 Å². The molecule has 0 fully saturated rings. The number of alkyl halides is 2. The van der Waals surface area contributed by atoms with Crippen molar-refractivity contribution in [3.63, 3.8) is 0 Å². The van der Waals surface area contributed by atoms with E-state index < -0.39 is 12.2 Å². The molecule has 4 aromatic rings. The van der Waals surface area contributed by atoms with Gasteiger partial charge in [-0.05, 0) is 56.0 Å². The van der Waals surface area contributed by atoms with Crippen LogP contribution < -0.4 is 10.5 Å². The van der Waals surface area contributed by atoms with Crippen molar-refractivity contribution in [1.82, 2.24) is 19.5 Å². The van der Waals surface area contributed by atoms with Gasteiger partial charge >= 0.3 is 6.61 Å². The van der Waals surface area contributed by atoms with Crippen LogP contribution in [0, 0.1) is 0 Å². The number of ether oxygens (including phenoxy) is 1. The molecule has 6 rings (SSSR count). The fraction of sp³-hybridized carbons (Fsp3) is 0.320. The molecule has 168 valence electrons. The van der Waals surface area contributed by atoms with Gasteiger partial charge in [0.05, 0.1) is 22.6 Å². The highest BCUT2D eigenvalue weighted by Crippen LogP contribution is 2.51. The number of nitrogens with two attached hydrogens (primary N) is 1. The van der Waals surface area contributed by atoms with Gasteiger partial charge in [0.2, 0.25) is 0 Å². The Balaban J connectivity index is 1.46. The first kappa shape index (κ1) is 20.2. The summed E-state index contributed by atoms with van der Waals surface area (Å²) in [7, 11) is 0. The van der Waals surface area contributed by atoms with E-state index in [0.717, 1.165) is 52.0 Å². The molecule has 2 aliphatic rings. The fourth-order valence-electron chi connectivity index (χ4n) is 5.23. The van der Waals surface area contributed by atoms with Crippen LogP contribution in [0.15, 0.2) is 48.8 Å². The maximum absolute atomic E-state index is 13.1. The Morgan fingerprint density at radius 2 is 1.91 bits per heavy atom. The summed E-state index contributed by atoms with van der Waals surface area (Å²) in [4.78, 5) is 13.8. The lowest BCUT2D eigenvalue weighted by Gasteiger charge is -2.26. The molecule has 1 aliphatic heterocycles. The Kier molecular flexibility index (Phi) is 4.32. The van der Waals surface area contributed by atoms with Crippen LogP contribution in [0.1, 0.15) is 55.0 Å². The van der Waals surface area contributed by atoms with Crippen LogP contribution in [0.5, 0.6) is 5.75 Å². The quantitative estimate of drug-likeness (QED) is 0.480. The van der Waals surface area contributed by atoms with Crippen molar-refractivity contribution in [1.29, 1.82) is 0 Å². The van der Waals surface area contributed by atoms with Gasteiger partial charge in [0, 0.05) is 29.4 Å². The normalized spacial score (nSPS) is 19.1. The molecule has 2 aromatic heterocycles. The monoisotopic (exact) mass is 447 g/mol. The molecule has 0 radical (unpaired) electrons. The maximum atomic E-state index is 13.1. The number of hydrogen-bond acceptors (Lipinski definition) is 5. The molecule has 2 atom stereocenters. The molecule has 0 saturated heterocycles. The topological polar surface area (TPSA) is 78.8 Å². The Labute approximate surface area is 189 Å². The molecule has 2 bridgehead atoms. The van der Waals surface area contributed by atoms with E-state index in [1.54, 1.807) is 24.5 Å². The van der Waals surface area contributed by atoms with Crippen LogP contribution >= 0.6 is 0 Å². The molecular weight excluding hydrogens is 424 g/mol. The molecule has 3 heterocycles. The van der Waals surface area contributed by atoms with Gasteiger partial charge in [-0.25, -0.2) is 15.0 Å². The Bertz CT molecular complexity index is 1370. The summed E-state index contributed by atoms with van der Waals surface area (Å²) in [5.41, 5.74) is 11.1. The van der Waals surface area contributed by atoms with Crippen LogP contribution in [-0.2, 0) is 12.0 Å². The smallest absolute Gasteiger partial charge is 0.387 e. The van der Waals surface area contributed by atoms with Gasteiger partial charge < -0.3 is 15.0 Å². The number of aromatic nitrogens is 4. The first-order valence-electron chi connectivity index (χ1n) is 11.0. The molecule has 2 N–H and O–H groups in total. The van der Waals surface area contributed by atoms with Crippen molar-refractivity contribution in [2.75, 3.05) is 0 Å². The van der Waals surface area contributed by atoms with E-state index >= 15 is 0 Å². The predicted octanol–water partition coefficient (Wildman–Crippen LogP) is 4.92. The molecular formula is C25H23F2N5O. The largest absolute Gasteiger partial charge is 0.434 e. The zero-order chi connectivity index (χ0) is 22.9. The molecule has 33 heavy (non-hydrogen) atoms. The maximum Gasteiger partial charge on any atom is 0.387 e. The summed E-state index contributed by atoms with van der Waals surface area (Å²) in [6, 6.07) is 11.4. The standard InChI is InChI=1S/C25H23F2N5O/c1-25(2,28)23-29-11-16(12-30-23)13-6-7-17-18(9-13)32-19-10-15(22(32)31-17)8-14-4-3-5-20(21(14)19)33-24(26)27/h3-7,9,11-12,15,19,24H,8,10,28H2,1-2H3/t15-,19-/m1/s1. The van der Waals surface area contributed by atoms with E-state index in [2.05, 4.69) is 20.6 Å². The van der Waals surface area contributed by atoms with Crippen molar-refractivity contribution in [2.24, 2.45) is 5.73 Å². The third kappa shape index (κ3) is 3.20. The van der Waals surface area contributed by atoms with Crippen LogP contribution in [-0.4, -0.2) is 26.1 Å². The van der Waals surface area contributed by atoms with Gasteiger partial charge in [-0.3, -0.25) is 0 Å². The first-order valence-corrected chi connectivity index (χ1v) is 11.0. The number of imidazole rings is 1. The summed E-state index contributed by atoms with van der Waals surface area (Å²) >= 11 is 0. The van der Waals surface area contributed by atoms with Gasteiger partial charge in [-0.2, -0.15) is 8.78 Å². The molecule has 6 nitrogen and oxygen atoms in total. The van der Waals surface area contributed by atoms with Crippen molar-refractivity contribution in [3.8, 4) is 16.9 Å². The molecule has 1 aliphatic carbocycles. The first-order chi connectivity index (χ1) is 15.8. The highest BCUT2D eigenvalue weighted by molar-refractivity contribution is 5.83. The Morgan fingerprint density at radius 1 is 1.12 bits per heavy atom. The van der Waals surface area contributed by atoms with Crippen LogP contribution in [0.25, 0.3) is 22.2 Å². The summed E-state index contributed by atoms with van der Waals surface area (Å²) in [5, 5.41) is 0. The minimum absolute atomic E-state index is 0.0828. The van der Waals surface area contributed by atoms with Crippen molar-refractivity contribution in [3.05, 3.63) is 71.6 Å². The lowest BCUT2D eigenvalue weighted by atomic mass is 9.83. The number of fused-ring (bicyclic) bond motifs is 9. The highest BCUT2D eigenvalue weighted by Gasteiger charge is 2.41. The van der Waals surface area contributed by atoms with E-state index in [4.69, 9.17) is 15.5 Å². The van der Waals surface area contributed by atoms with Crippen molar-refractivity contribution in [2.45, 2.75) is 50.8 Å². The molecule has 0 amide bonds. The zero-order valence-corrected chi connectivity index (χ0v) is 18.3. The average molecular weight is 447 g/mol. The summed E-state index contributed by atoms with van der Waals surface area (Å²) in [6.07, 6.45) is 5.17. The van der Waals surface area contributed by atoms with Crippen LogP contribution in [0.3, 0.4) is 0 Å². The van der Waals surface area contributed by atoms with Gasteiger partial charge in [-0.1, -0.05) is 18.2 Å². The van der Waals surface area contributed by atoms with Crippen LogP contribution in [0.4, 0.5) is 8.78 Å². The molecule has 0 spiro atoms. The third-order valence-corrected chi connectivity index (χ3v) is 6.63. The SMILES string of the molecule is CC(C)(N)c1ncc(-c2ccc3nc4n(c3c2)[C@@H]2C[C@H]4Cc3cccc(OC(F)F)c32)cn1. The van der Waals surface area contributed by atoms with Crippen molar-refractivity contribution >= 4 is 11.0 Å². The molecule has 0 unspecified atom stereocenters. The lowest BCUT2D eigenvalue weighted by Crippen LogP contribution is -2.31. The highest BCUT2D eigenvalue weighted by atomic mass is 19.3. The number of benzene rings is 2. The van der Waals surface area contributed by atoms with E-state index in [-0.39, 0.29) is 17.7 Å². The number of halogens is 2. The number of nitrogens with zero attached hydrogens (tertiary/aromatic N) is 4. The average Bonchev–Trinajstić information content (AvgIpc) is 3.28. The van der Waals surface area contributed by atoms with E-state index in [9.17, 15) is 8.78 Å². The minimum Gasteiger partial charge on any atom is -0.434 e. The number of rotatable bonds is 4.